The number of aromatic nitrogens is 4. The Balaban J connectivity index is 1.98. The first-order chi connectivity index (χ1) is 9.15. The minimum Gasteiger partial charge on any atom is -0.374 e. The van der Waals surface area contributed by atoms with E-state index in [1.807, 2.05) is 24.3 Å². The van der Waals surface area contributed by atoms with E-state index >= 15 is 0 Å². The van der Waals surface area contributed by atoms with Gasteiger partial charge in [0.1, 0.15) is 0 Å². The number of nitrogens with one attached hydrogen (secondary N) is 1. The number of carbonyl (C=O) groups excluding carboxylic acids is 1. The summed E-state index contributed by atoms with van der Waals surface area (Å²) >= 11 is 1.11. The third-order valence-corrected chi connectivity index (χ3v) is 3.30. The van der Waals surface area contributed by atoms with Crippen LogP contribution in [-0.4, -0.2) is 25.9 Å². The Bertz CT molecular complexity index is 761. The number of benzene rings is 1. The van der Waals surface area contributed by atoms with Crippen LogP contribution in [0.5, 0.6) is 0 Å². The van der Waals surface area contributed by atoms with Crippen molar-refractivity contribution >= 4 is 38.4 Å². The molecule has 0 unspecified atom stereocenters. The lowest BCUT2D eigenvalue weighted by atomic mass is 10.2. The maximum atomic E-state index is 12.2. The molecule has 0 aliphatic heterocycles. The average Bonchev–Trinajstić information content (AvgIpc) is 2.95. The number of amides is 1. The maximum Gasteiger partial charge on any atom is 0.278 e. The van der Waals surface area contributed by atoms with Crippen LogP contribution < -0.4 is 11.1 Å². The van der Waals surface area contributed by atoms with E-state index < -0.39 is 0 Å². The van der Waals surface area contributed by atoms with Crippen molar-refractivity contribution in [3.05, 3.63) is 30.0 Å². The fourth-order valence-corrected chi connectivity index (χ4v) is 2.33. The van der Waals surface area contributed by atoms with Gasteiger partial charge in [-0.1, -0.05) is 29.5 Å². The van der Waals surface area contributed by atoms with Crippen LogP contribution in [0.25, 0.3) is 10.9 Å². The quantitative estimate of drug-likeness (QED) is 0.733. The summed E-state index contributed by atoms with van der Waals surface area (Å²) in [5.74, 6) is -0.326. The number of carbonyl (C=O) groups is 1. The highest BCUT2D eigenvalue weighted by Gasteiger charge is 2.17. The second-order valence-corrected chi connectivity index (χ2v) is 4.90. The standard InChI is InChI=1S/C11H10N6OS/c1-17-7-5-3-2-4-6(7)8(16-17)9(18)13-11-15-14-10(12)19-11/h2-5H,1H3,(H2,12,14)(H,13,15,18). The van der Waals surface area contributed by atoms with Gasteiger partial charge in [-0.25, -0.2) is 0 Å². The average molecular weight is 274 g/mol. The highest BCUT2D eigenvalue weighted by molar-refractivity contribution is 7.19. The molecule has 3 aromatic rings. The maximum absolute atomic E-state index is 12.2. The number of rotatable bonds is 2. The van der Waals surface area contributed by atoms with Gasteiger partial charge < -0.3 is 5.73 Å². The number of nitrogens with two attached hydrogens (primary N) is 1. The molecule has 3 N–H and O–H groups in total. The van der Waals surface area contributed by atoms with Gasteiger partial charge >= 0.3 is 0 Å². The number of anilines is 2. The Kier molecular flexibility index (Phi) is 2.64. The number of nitrogen functional groups attached to an aromatic ring is 1. The van der Waals surface area contributed by atoms with E-state index in [9.17, 15) is 4.79 Å². The van der Waals surface area contributed by atoms with Crippen molar-refractivity contribution in [1.29, 1.82) is 0 Å². The molecule has 19 heavy (non-hydrogen) atoms. The minimum absolute atomic E-state index is 0.307. The summed E-state index contributed by atoms with van der Waals surface area (Å²) in [5, 5.41) is 15.7. The predicted octanol–water partition coefficient (Wildman–Crippen LogP) is 1.26. The van der Waals surface area contributed by atoms with Crippen LogP contribution in [0, 0.1) is 0 Å². The Labute approximate surface area is 112 Å². The molecule has 2 heterocycles. The van der Waals surface area contributed by atoms with Gasteiger partial charge in [-0.2, -0.15) is 5.10 Å². The molecule has 0 aliphatic carbocycles. The number of nitrogens with zero attached hydrogens (tertiary/aromatic N) is 4. The van der Waals surface area contributed by atoms with Crippen molar-refractivity contribution < 1.29 is 4.79 Å². The number of hydrogen-bond acceptors (Lipinski definition) is 6. The van der Waals surface area contributed by atoms with Gasteiger partial charge in [0.05, 0.1) is 5.52 Å². The van der Waals surface area contributed by atoms with Gasteiger partial charge in [0.15, 0.2) is 5.69 Å². The highest BCUT2D eigenvalue weighted by atomic mass is 32.1. The summed E-state index contributed by atoms with van der Waals surface area (Å²) in [5.41, 5.74) is 6.71. The Morgan fingerprint density at radius 3 is 2.89 bits per heavy atom. The fourth-order valence-electron chi connectivity index (χ4n) is 1.82. The van der Waals surface area contributed by atoms with Crippen LogP contribution in [-0.2, 0) is 7.05 Å². The zero-order chi connectivity index (χ0) is 13.4. The molecule has 0 radical (unpaired) electrons. The summed E-state index contributed by atoms with van der Waals surface area (Å²) < 4.78 is 1.67. The third-order valence-electron chi connectivity index (χ3n) is 2.63. The van der Waals surface area contributed by atoms with E-state index in [1.165, 1.54) is 0 Å². The van der Waals surface area contributed by atoms with Crippen molar-refractivity contribution in [2.75, 3.05) is 11.1 Å². The van der Waals surface area contributed by atoms with Crippen molar-refractivity contribution in [3.63, 3.8) is 0 Å². The second kappa shape index (κ2) is 4.32. The van der Waals surface area contributed by atoms with E-state index in [2.05, 4.69) is 20.6 Å². The molecule has 3 rings (SSSR count). The molecule has 0 atom stereocenters. The van der Waals surface area contributed by atoms with E-state index in [1.54, 1.807) is 11.7 Å². The Morgan fingerprint density at radius 2 is 2.16 bits per heavy atom. The first-order valence-electron chi connectivity index (χ1n) is 5.47. The normalized spacial score (nSPS) is 10.8. The van der Waals surface area contributed by atoms with Gasteiger partial charge in [0.25, 0.3) is 5.91 Å². The summed E-state index contributed by atoms with van der Waals surface area (Å²) in [6.07, 6.45) is 0. The van der Waals surface area contributed by atoms with E-state index in [0.717, 1.165) is 22.2 Å². The molecule has 0 bridgehead atoms. The van der Waals surface area contributed by atoms with Crippen LogP contribution in [0.15, 0.2) is 24.3 Å². The molecule has 0 fully saturated rings. The largest absolute Gasteiger partial charge is 0.374 e. The van der Waals surface area contributed by atoms with E-state index in [0.29, 0.717) is 16.0 Å². The van der Waals surface area contributed by atoms with Gasteiger partial charge in [-0.05, 0) is 6.07 Å². The Hall–Kier alpha value is -2.48. The number of fused-ring (bicyclic) bond motifs is 1. The molecule has 1 amide bonds. The molecule has 2 aromatic heterocycles. The van der Waals surface area contributed by atoms with Crippen LogP contribution >= 0.6 is 11.3 Å². The molecular weight excluding hydrogens is 264 g/mol. The second-order valence-electron chi connectivity index (χ2n) is 3.89. The van der Waals surface area contributed by atoms with Crippen LogP contribution in [0.3, 0.4) is 0 Å². The van der Waals surface area contributed by atoms with Crippen LogP contribution in [0.4, 0.5) is 10.3 Å². The van der Waals surface area contributed by atoms with E-state index in [-0.39, 0.29) is 5.91 Å². The van der Waals surface area contributed by atoms with Gasteiger partial charge in [-0.3, -0.25) is 14.8 Å². The van der Waals surface area contributed by atoms with Crippen molar-refractivity contribution in [3.8, 4) is 0 Å². The number of para-hydroxylation sites is 1. The predicted molar refractivity (Wildman–Crippen MR) is 73.0 cm³/mol. The van der Waals surface area contributed by atoms with Gasteiger partial charge in [-0.15, -0.1) is 10.2 Å². The van der Waals surface area contributed by atoms with Crippen molar-refractivity contribution in [2.45, 2.75) is 0 Å². The van der Waals surface area contributed by atoms with Gasteiger partial charge in [0, 0.05) is 12.4 Å². The molecule has 1 aromatic carbocycles. The lowest BCUT2D eigenvalue weighted by Crippen LogP contribution is -2.13. The van der Waals surface area contributed by atoms with Crippen LogP contribution in [0.1, 0.15) is 10.5 Å². The molecule has 0 spiro atoms. The Morgan fingerprint density at radius 1 is 1.37 bits per heavy atom. The monoisotopic (exact) mass is 274 g/mol. The van der Waals surface area contributed by atoms with E-state index in [4.69, 9.17) is 5.73 Å². The van der Waals surface area contributed by atoms with Crippen LogP contribution in [0.2, 0.25) is 0 Å². The molecule has 0 aliphatic rings. The first kappa shape index (κ1) is 11.6. The first-order valence-corrected chi connectivity index (χ1v) is 6.29. The topological polar surface area (TPSA) is 98.7 Å². The number of aryl methyl sites for hydroxylation is 1. The van der Waals surface area contributed by atoms with Gasteiger partial charge in [0.2, 0.25) is 10.3 Å². The lowest BCUT2D eigenvalue weighted by Gasteiger charge is -1.97. The lowest BCUT2D eigenvalue weighted by molar-refractivity contribution is 0.102. The number of hydrogen-bond donors (Lipinski definition) is 2. The fraction of sp³-hybridized carbons (Fsp3) is 0.0909. The highest BCUT2D eigenvalue weighted by Crippen LogP contribution is 2.21. The zero-order valence-corrected chi connectivity index (χ0v) is 10.8. The third kappa shape index (κ3) is 2.02. The summed E-state index contributed by atoms with van der Waals surface area (Å²) in [6.45, 7) is 0. The van der Waals surface area contributed by atoms with Crippen molar-refractivity contribution in [1.82, 2.24) is 20.0 Å². The molecule has 0 saturated carbocycles. The zero-order valence-electron chi connectivity index (χ0n) is 9.99. The summed E-state index contributed by atoms with van der Waals surface area (Å²) in [4.78, 5) is 12.2. The summed E-state index contributed by atoms with van der Waals surface area (Å²) in [6, 6.07) is 7.52. The molecule has 96 valence electrons. The SMILES string of the molecule is Cn1nc(C(=O)Nc2nnc(N)s2)c2ccccc21. The molecule has 0 saturated heterocycles. The minimum atomic E-state index is -0.326. The molecule has 7 nitrogen and oxygen atoms in total. The smallest absolute Gasteiger partial charge is 0.278 e. The van der Waals surface area contributed by atoms with Crippen molar-refractivity contribution in [2.24, 2.45) is 7.05 Å². The summed E-state index contributed by atoms with van der Waals surface area (Å²) in [7, 11) is 1.79. The molecule has 8 heteroatoms. The molecular formula is C11H10N6OS.